The second-order valence-corrected chi connectivity index (χ2v) is 6.31. The third-order valence-corrected chi connectivity index (χ3v) is 4.04. The van der Waals surface area contributed by atoms with Crippen molar-refractivity contribution < 1.29 is 4.79 Å². The lowest BCUT2D eigenvalue weighted by atomic mass is 10.1. The van der Waals surface area contributed by atoms with Gasteiger partial charge in [0.1, 0.15) is 11.6 Å². The molecule has 0 atom stereocenters. The minimum absolute atomic E-state index is 0.130. The zero-order chi connectivity index (χ0) is 16.5. The molecule has 0 aliphatic heterocycles. The molecule has 0 aliphatic rings. The van der Waals surface area contributed by atoms with Crippen LogP contribution in [0, 0.1) is 14.9 Å². The summed E-state index contributed by atoms with van der Waals surface area (Å²) in [5.74, 6) is -0.320. The van der Waals surface area contributed by atoms with Gasteiger partial charge >= 0.3 is 0 Å². The number of rotatable bonds is 6. The molecule has 3 nitrogen and oxygen atoms in total. The zero-order valence-corrected chi connectivity index (χ0v) is 14.8. The quantitative estimate of drug-likeness (QED) is 0.336. The fourth-order valence-corrected chi connectivity index (χ4v) is 2.47. The van der Waals surface area contributed by atoms with Crippen LogP contribution in [-0.2, 0) is 11.2 Å². The number of carbonyl (C=O) groups excluding carboxylic acids is 1. The minimum Gasteiger partial charge on any atom is -0.351 e. The largest absolute Gasteiger partial charge is 0.351 e. The summed E-state index contributed by atoms with van der Waals surface area (Å²) >= 11 is 2.22. The summed E-state index contributed by atoms with van der Waals surface area (Å²) in [6, 6.07) is 19.8. The molecule has 1 amide bonds. The van der Waals surface area contributed by atoms with Gasteiger partial charge in [0, 0.05) is 10.1 Å². The average Bonchev–Trinajstić information content (AvgIpc) is 2.59. The third-order valence-electron chi connectivity index (χ3n) is 3.32. The van der Waals surface area contributed by atoms with Crippen LogP contribution in [0.3, 0.4) is 0 Å². The SMILES string of the molecule is N#C/C(=C/c1ccc(I)cc1)C(=O)NCCCc1ccccc1. The maximum absolute atomic E-state index is 12.1. The van der Waals surface area contributed by atoms with Crippen molar-refractivity contribution in [3.05, 3.63) is 74.9 Å². The number of nitriles is 1. The van der Waals surface area contributed by atoms with E-state index < -0.39 is 0 Å². The van der Waals surface area contributed by atoms with E-state index in [1.807, 2.05) is 48.5 Å². The van der Waals surface area contributed by atoms with E-state index in [0.29, 0.717) is 6.54 Å². The van der Waals surface area contributed by atoms with Gasteiger partial charge in [0.2, 0.25) is 0 Å². The summed E-state index contributed by atoms with van der Waals surface area (Å²) in [5.41, 5.74) is 2.23. The van der Waals surface area contributed by atoms with Crippen LogP contribution in [0.5, 0.6) is 0 Å². The highest BCUT2D eigenvalue weighted by Crippen LogP contribution is 2.10. The number of carbonyl (C=O) groups is 1. The van der Waals surface area contributed by atoms with Crippen molar-refractivity contribution in [2.75, 3.05) is 6.54 Å². The molecule has 0 radical (unpaired) electrons. The lowest BCUT2D eigenvalue weighted by Gasteiger charge is -2.05. The van der Waals surface area contributed by atoms with Crippen LogP contribution < -0.4 is 5.32 Å². The summed E-state index contributed by atoms with van der Waals surface area (Å²) in [7, 11) is 0. The van der Waals surface area contributed by atoms with Crippen LogP contribution in [0.1, 0.15) is 17.5 Å². The van der Waals surface area contributed by atoms with Crippen molar-refractivity contribution in [2.45, 2.75) is 12.8 Å². The molecule has 0 heterocycles. The number of hydrogen-bond acceptors (Lipinski definition) is 2. The normalized spacial score (nSPS) is 10.9. The zero-order valence-electron chi connectivity index (χ0n) is 12.6. The monoisotopic (exact) mass is 416 g/mol. The van der Waals surface area contributed by atoms with Crippen molar-refractivity contribution >= 4 is 34.6 Å². The Hall–Kier alpha value is -2.13. The summed E-state index contributed by atoms with van der Waals surface area (Å²) < 4.78 is 1.11. The van der Waals surface area contributed by atoms with Gasteiger partial charge < -0.3 is 5.32 Å². The fourth-order valence-electron chi connectivity index (χ4n) is 2.11. The molecule has 23 heavy (non-hydrogen) atoms. The first-order chi connectivity index (χ1) is 11.2. The molecule has 1 N–H and O–H groups in total. The Morgan fingerprint density at radius 1 is 1.13 bits per heavy atom. The average molecular weight is 416 g/mol. The van der Waals surface area contributed by atoms with Crippen molar-refractivity contribution in [3.63, 3.8) is 0 Å². The maximum Gasteiger partial charge on any atom is 0.261 e. The highest BCUT2D eigenvalue weighted by atomic mass is 127. The van der Waals surface area contributed by atoms with Gasteiger partial charge in [0.25, 0.3) is 5.91 Å². The molecule has 2 aromatic carbocycles. The van der Waals surface area contributed by atoms with Gasteiger partial charge in [-0.2, -0.15) is 5.26 Å². The highest BCUT2D eigenvalue weighted by molar-refractivity contribution is 14.1. The Morgan fingerprint density at radius 2 is 1.83 bits per heavy atom. The van der Waals surface area contributed by atoms with Crippen molar-refractivity contribution in [3.8, 4) is 6.07 Å². The third kappa shape index (κ3) is 5.87. The Morgan fingerprint density at radius 3 is 2.48 bits per heavy atom. The van der Waals surface area contributed by atoms with E-state index in [1.54, 1.807) is 6.08 Å². The van der Waals surface area contributed by atoms with Crippen LogP contribution >= 0.6 is 22.6 Å². The van der Waals surface area contributed by atoms with Crippen molar-refractivity contribution in [1.82, 2.24) is 5.32 Å². The molecule has 0 unspecified atom stereocenters. The smallest absolute Gasteiger partial charge is 0.261 e. The lowest BCUT2D eigenvalue weighted by molar-refractivity contribution is -0.117. The topological polar surface area (TPSA) is 52.9 Å². The van der Waals surface area contributed by atoms with E-state index in [2.05, 4.69) is 40.0 Å². The van der Waals surface area contributed by atoms with E-state index in [1.165, 1.54) is 5.56 Å². The Kier molecular flexibility index (Phi) is 6.82. The molecule has 116 valence electrons. The molecule has 2 aromatic rings. The first-order valence-electron chi connectivity index (χ1n) is 7.38. The van der Waals surface area contributed by atoms with Crippen molar-refractivity contribution in [1.29, 1.82) is 5.26 Å². The molecule has 0 bridgehead atoms. The van der Waals surface area contributed by atoms with E-state index in [4.69, 9.17) is 5.26 Å². The number of nitrogens with one attached hydrogen (secondary N) is 1. The Labute approximate surface area is 150 Å². The van der Waals surface area contributed by atoms with Crippen LogP contribution in [-0.4, -0.2) is 12.5 Å². The molecule has 0 aliphatic carbocycles. The predicted octanol–water partition coefficient (Wildman–Crippen LogP) is 3.95. The maximum atomic E-state index is 12.1. The van der Waals surface area contributed by atoms with Gasteiger partial charge in [0.15, 0.2) is 0 Å². The number of aryl methyl sites for hydroxylation is 1. The van der Waals surface area contributed by atoms with E-state index in [0.717, 1.165) is 22.0 Å². The van der Waals surface area contributed by atoms with Crippen LogP contribution in [0.15, 0.2) is 60.2 Å². The summed E-state index contributed by atoms with van der Waals surface area (Å²) in [4.78, 5) is 12.1. The van der Waals surface area contributed by atoms with Gasteiger partial charge in [-0.05, 0) is 64.8 Å². The van der Waals surface area contributed by atoms with Crippen LogP contribution in [0.4, 0.5) is 0 Å². The number of benzene rings is 2. The Balaban J connectivity index is 1.85. The van der Waals surface area contributed by atoms with Crippen LogP contribution in [0.2, 0.25) is 0 Å². The minimum atomic E-state index is -0.320. The van der Waals surface area contributed by atoms with Gasteiger partial charge in [-0.3, -0.25) is 4.79 Å². The molecule has 0 spiro atoms. The van der Waals surface area contributed by atoms with Gasteiger partial charge in [-0.25, -0.2) is 0 Å². The molecule has 4 heteroatoms. The standard InChI is InChI=1S/C19H17IN2O/c20-18-10-8-16(9-11-18)13-17(14-21)19(23)22-12-4-7-15-5-2-1-3-6-15/h1-3,5-6,8-11,13H,4,7,12H2,(H,22,23)/b17-13-. The summed E-state index contributed by atoms with van der Waals surface area (Å²) in [5, 5.41) is 12.0. The number of hydrogen-bond donors (Lipinski definition) is 1. The number of halogens is 1. The molecule has 0 saturated carbocycles. The van der Waals surface area contributed by atoms with E-state index in [-0.39, 0.29) is 11.5 Å². The lowest BCUT2D eigenvalue weighted by Crippen LogP contribution is -2.25. The van der Waals surface area contributed by atoms with E-state index >= 15 is 0 Å². The molecular weight excluding hydrogens is 399 g/mol. The predicted molar refractivity (Wildman–Crippen MR) is 101 cm³/mol. The molecule has 0 saturated heterocycles. The van der Waals surface area contributed by atoms with Crippen LogP contribution in [0.25, 0.3) is 6.08 Å². The summed E-state index contributed by atoms with van der Waals surface area (Å²) in [6.07, 6.45) is 3.37. The highest BCUT2D eigenvalue weighted by Gasteiger charge is 2.08. The molecule has 0 fully saturated rings. The molecular formula is C19H17IN2O. The van der Waals surface area contributed by atoms with Gasteiger partial charge in [-0.1, -0.05) is 42.5 Å². The first-order valence-corrected chi connectivity index (χ1v) is 8.46. The Bertz CT molecular complexity index is 715. The summed E-state index contributed by atoms with van der Waals surface area (Å²) in [6.45, 7) is 0.555. The van der Waals surface area contributed by atoms with E-state index in [9.17, 15) is 4.79 Å². The van der Waals surface area contributed by atoms with Crippen molar-refractivity contribution in [2.24, 2.45) is 0 Å². The number of nitrogens with zero attached hydrogens (tertiary/aromatic N) is 1. The van der Waals surface area contributed by atoms with Gasteiger partial charge in [0.05, 0.1) is 0 Å². The number of amides is 1. The fraction of sp³-hybridized carbons (Fsp3) is 0.158. The first kappa shape index (κ1) is 17.2. The molecule has 2 rings (SSSR count). The second-order valence-electron chi connectivity index (χ2n) is 5.07. The van der Waals surface area contributed by atoms with Gasteiger partial charge in [-0.15, -0.1) is 0 Å². The second kappa shape index (κ2) is 9.11. The molecule has 0 aromatic heterocycles.